The molecule has 1 rings (SSSR count). The van der Waals surface area contributed by atoms with Gasteiger partial charge in [-0.15, -0.1) is 0 Å². The van der Waals surface area contributed by atoms with Gasteiger partial charge < -0.3 is 10.2 Å². The monoisotopic (exact) mass is 290 g/mol. The van der Waals surface area contributed by atoms with Crippen LogP contribution < -0.4 is 10.2 Å². The van der Waals surface area contributed by atoms with Crippen LogP contribution in [-0.4, -0.2) is 29.6 Å². The third kappa shape index (κ3) is 4.54. The van der Waals surface area contributed by atoms with Gasteiger partial charge in [-0.25, -0.2) is 9.97 Å². The van der Waals surface area contributed by atoms with Gasteiger partial charge in [0.1, 0.15) is 11.6 Å². The zero-order valence-electron chi connectivity index (χ0n) is 12.3. The Morgan fingerprint density at radius 3 is 2.35 bits per heavy atom. The maximum atomic E-state index is 12.8. The Morgan fingerprint density at radius 2 is 1.90 bits per heavy atom. The molecule has 0 fully saturated rings. The molecule has 0 aliphatic rings. The Bertz CT molecular complexity index is 432. The number of aromatic nitrogens is 2. The standard InChI is InChI=1S/C13H21F3N4/c1-5-17-10-7-11(20(6-2)8-9(3)4)19-12(18-10)13(14,15)16/h7,9H,5-6,8H2,1-4H3,(H,17,18,19). The minimum Gasteiger partial charge on any atom is -0.370 e. The first-order valence-corrected chi connectivity index (χ1v) is 6.73. The topological polar surface area (TPSA) is 41.0 Å². The Balaban J connectivity index is 3.19. The average Bonchev–Trinajstić information content (AvgIpc) is 2.34. The van der Waals surface area contributed by atoms with Gasteiger partial charge in [-0.3, -0.25) is 0 Å². The molecule has 0 aliphatic heterocycles. The number of halogens is 3. The summed E-state index contributed by atoms with van der Waals surface area (Å²) in [6.45, 7) is 9.48. The highest BCUT2D eigenvalue weighted by molar-refractivity contribution is 5.49. The first-order chi connectivity index (χ1) is 9.27. The van der Waals surface area contributed by atoms with E-state index in [9.17, 15) is 13.2 Å². The van der Waals surface area contributed by atoms with E-state index in [0.29, 0.717) is 31.4 Å². The molecule has 1 N–H and O–H groups in total. The van der Waals surface area contributed by atoms with Gasteiger partial charge in [-0.1, -0.05) is 13.8 Å². The van der Waals surface area contributed by atoms with Crippen molar-refractivity contribution < 1.29 is 13.2 Å². The largest absolute Gasteiger partial charge is 0.451 e. The number of rotatable bonds is 6. The number of hydrogen-bond acceptors (Lipinski definition) is 4. The highest BCUT2D eigenvalue weighted by Gasteiger charge is 2.35. The predicted octanol–water partition coefficient (Wildman–Crippen LogP) is 3.41. The second kappa shape index (κ2) is 6.76. The number of nitrogens with zero attached hydrogens (tertiary/aromatic N) is 3. The van der Waals surface area contributed by atoms with Crippen molar-refractivity contribution in [2.24, 2.45) is 5.92 Å². The Labute approximate surface area is 117 Å². The fourth-order valence-electron chi connectivity index (χ4n) is 1.82. The summed E-state index contributed by atoms with van der Waals surface area (Å²) < 4.78 is 38.5. The van der Waals surface area contributed by atoms with E-state index in [4.69, 9.17) is 0 Å². The molecule has 20 heavy (non-hydrogen) atoms. The lowest BCUT2D eigenvalue weighted by Crippen LogP contribution is -2.29. The van der Waals surface area contributed by atoms with Crippen LogP contribution in [0.3, 0.4) is 0 Å². The number of nitrogens with one attached hydrogen (secondary N) is 1. The summed E-state index contributed by atoms with van der Waals surface area (Å²) in [6.07, 6.45) is -4.54. The van der Waals surface area contributed by atoms with Crippen molar-refractivity contribution in [3.63, 3.8) is 0 Å². The van der Waals surface area contributed by atoms with Crippen LogP contribution in [0.25, 0.3) is 0 Å². The maximum absolute atomic E-state index is 12.8. The van der Waals surface area contributed by atoms with E-state index in [0.717, 1.165) is 0 Å². The van der Waals surface area contributed by atoms with Gasteiger partial charge in [0.05, 0.1) is 0 Å². The molecule has 0 aromatic carbocycles. The second-order valence-electron chi connectivity index (χ2n) is 4.90. The molecule has 0 aliphatic carbocycles. The van der Waals surface area contributed by atoms with Gasteiger partial charge >= 0.3 is 6.18 Å². The van der Waals surface area contributed by atoms with E-state index in [1.54, 1.807) is 13.0 Å². The molecule has 0 atom stereocenters. The molecule has 4 nitrogen and oxygen atoms in total. The first-order valence-electron chi connectivity index (χ1n) is 6.73. The van der Waals surface area contributed by atoms with Crippen LogP contribution in [0.15, 0.2) is 6.07 Å². The van der Waals surface area contributed by atoms with E-state index in [1.807, 2.05) is 25.7 Å². The normalized spacial score (nSPS) is 11.8. The molecule has 114 valence electrons. The molecule has 0 spiro atoms. The Kier molecular flexibility index (Phi) is 5.59. The summed E-state index contributed by atoms with van der Waals surface area (Å²) in [5.74, 6) is -0.263. The summed E-state index contributed by atoms with van der Waals surface area (Å²) in [5, 5.41) is 2.81. The van der Waals surface area contributed by atoms with Crippen LogP contribution in [-0.2, 0) is 6.18 Å². The fraction of sp³-hybridized carbons (Fsp3) is 0.692. The van der Waals surface area contributed by atoms with Crippen LogP contribution in [0, 0.1) is 5.92 Å². The highest BCUT2D eigenvalue weighted by atomic mass is 19.4. The van der Waals surface area contributed by atoms with Gasteiger partial charge in [0, 0.05) is 25.7 Å². The number of hydrogen-bond donors (Lipinski definition) is 1. The van der Waals surface area contributed by atoms with Crippen molar-refractivity contribution in [3.05, 3.63) is 11.9 Å². The SMILES string of the molecule is CCNc1cc(N(CC)CC(C)C)nc(C(F)(F)F)n1. The fourth-order valence-corrected chi connectivity index (χ4v) is 1.82. The molecular weight excluding hydrogens is 269 g/mol. The number of alkyl halides is 3. The molecule has 0 radical (unpaired) electrons. The van der Waals surface area contributed by atoms with Crippen molar-refractivity contribution in [1.29, 1.82) is 0 Å². The molecule has 1 aromatic heterocycles. The van der Waals surface area contributed by atoms with Gasteiger partial charge in [0.2, 0.25) is 5.82 Å². The van der Waals surface area contributed by atoms with E-state index in [-0.39, 0.29) is 5.82 Å². The van der Waals surface area contributed by atoms with Crippen LogP contribution in [0.2, 0.25) is 0 Å². The average molecular weight is 290 g/mol. The summed E-state index contributed by atoms with van der Waals surface area (Å²) in [7, 11) is 0. The van der Waals surface area contributed by atoms with Crippen LogP contribution in [0.5, 0.6) is 0 Å². The van der Waals surface area contributed by atoms with Crippen molar-refractivity contribution >= 4 is 11.6 Å². The molecular formula is C13H21F3N4. The quantitative estimate of drug-likeness (QED) is 0.871. The molecule has 1 heterocycles. The van der Waals surface area contributed by atoms with Gasteiger partial charge in [0.15, 0.2) is 0 Å². The van der Waals surface area contributed by atoms with Crippen molar-refractivity contribution in [1.82, 2.24) is 9.97 Å². The summed E-state index contributed by atoms with van der Waals surface area (Å²) >= 11 is 0. The van der Waals surface area contributed by atoms with E-state index >= 15 is 0 Å². The molecule has 0 bridgehead atoms. The summed E-state index contributed by atoms with van der Waals surface area (Å²) in [6, 6.07) is 1.56. The lowest BCUT2D eigenvalue weighted by molar-refractivity contribution is -0.144. The lowest BCUT2D eigenvalue weighted by Gasteiger charge is -2.25. The van der Waals surface area contributed by atoms with Crippen LogP contribution in [0.4, 0.5) is 24.8 Å². The molecule has 0 saturated carbocycles. The summed E-state index contributed by atoms with van der Waals surface area (Å²) in [5.41, 5.74) is 0. The Morgan fingerprint density at radius 1 is 1.25 bits per heavy atom. The predicted molar refractivity (Wildman–Crippen MR) is 73.9 cm³/mol. The van der Waals surface area contributed by atoms with E-state index in [2.05, 4.69) is 15.3 Å². The van der Waals surface area contributed by atoms with Crippen LogP contribution in [0.1, 0.15) is 33.5 Å². The van der Waals surface area contributed by atoms with Crippen molar-refractivity contribution in [2.75, 3.05) is 29.9 Å². The smallest absolute Gasteiger partial charge is 0.370 e. The summed E-state index contributed by atoms with van der Waals surface area (Å²) in [4.78, 5) is 9.00. The second-order valence-corrected chi connectivity index (χ2v) is 4.90. The molecule has 0 unspecified atom stereocenters. The molecule has 7 heteroatoms. The minimum atomic E-state index is -4.54. The zero-order valence-corrected chi connectivity index (χ0v) is 12.3. The lowest BCUT2D eigenvalue weighted by atomic mass is 10.2. The third-order valence-electron chi connectivity index (χ3n) is 2.62. The van der Waals surface area contributed by atoms with Crippen molar-refractivity contribution in [3.8, 4) is 0 Å². The molecule has 0 saturated heterocycles. The van der Waals surface area contributed by atoms with Gasteiger partial charge in [-0.05, 0) is 19.8 Å². The van der Waals surface area contributed by atoms with Crippen LogP contribution >= 0.6 is 0 Å². The minimum absolute atomic E-state index is 0.201. The first kappa shape index (κ1) is 16.5. The maximum Gasteiger partial charge on any atom is 0.451 e. The third-order valence-corrected chi connectivity index (χ3v) is 2.62. The highest BCUT2D eigenvalue weighted by Crippen LogP contribution is 2.29. The zero-order chi connectivity index (χ0) is 15.3. The van der Waals surface area contributed by atoms with Crippen molar-refractivity contribution in [2.45, 2.75) is 33.9 Å². The van der Waals surface area contributed by atoms with E-state index < -0.39 is 12.0 Å². The molecule has 0 amide bonds. The molecule has 1 aromatic rings. The van der Waals surface area contributed by atoms with E-state index in [1.165, 1.54) is 0 Å². The Hall–Kier alpha value is -1.53. The number of anilines is 2. The van der Waals surface area contributed by atoms with Gasteiger partial charge in [-0.2, -0.15) is 13.2 Å². The van der Waals surface area contributed by atoms with Gasteiger partial charge in [0.25, 0.3) is 0 Å².